The Kier molecular flexibility index (Phi) is 5.27. The number of aromatic nitrogens is 1. The van der Waals surface area contributed by atoms with Crippen molar-refractivity contribution in [2.75, 3.05) is 0 Å². The molecule has 1 aliphatic rings. The van der Waals surface area contributed by atoms with Crippen LogP contribution in [0.15, 0.2) is 89.2 Å². The lowest BCUT2D eigenvalue weighted by Crippen LogP contribution is -2.29. The average molecular weight is 449 g/mol. The van der Waals surface area contributed by atoms with Crippen molar-refractivity contribution in [3.63, 3.8) is 0 Å². The summed E-state index contributed by atoms with van der Waals surface area (Å²) in [6.45, 7) is 0.217. The molecule has 29 heavy (non-hydrogen) atoms. The Labute approximate surface area is 176 Å². The number of aliphatic hydroxyl groups excluding tert-OH is 1. The Balaban J connectivity index is 1.85. The highest BCUT2D eigenvalue weighted by Crippen LogP contribution is 2.40. The van der Waals surface area contributed by atoms with E-state index in [1.54, 1.807) is 42.7 Å². The van der Waals surface area contributed by atoms with Gasteiger partial charge in [0.05, 0.1) is 11.6 Å². The summed E-state index contributed by atoms with van der Waals surface area (Å²) in [5, 5.41) is 11.0. The van der Waals surface area contributed by atoms with E-state index >= 15 is 0 Å². The van der Waals surface area contributed by atoms with Gasteiger partial charge in [0.1, 0.15) is 5.76 Å². The number of Topliss-reactive ketones (excluding diaryl/α,β-unsaturated/α-hetero) is 1. The maximum atomic E-state index is 12.9. The number of nitrogens with zero attached hydrogens (tertiary/aromatic N) is 2. The van der Waals surface area contributed by atoms with Gasteiger partial charge in [-0.15, -0.1) is 0 Å². The average Bonchev–Trinajstić information content (AvgIpc) is 3.00. The minimum atomic E-state index is -0.692. The number of hydrogen-bond acceptors (Lipinski definition) is 4. The highest BCUT2D eigenvalue weighted by molar-refractivity contribution is 9.10. The minimum absolute atomic E-state index is 0.0902. The second-order valence-electron chi connectivity index (χ2n) is 6.71. The number of hydrogen-bond donors (Lipinski definition) is 1. The van der Waals surface area contributed by atoms with Crippen LogP contribution in [0.3, 0.4) is 0 Å². The van der Waals surface area contributed by atoms with Gasteiger partial charge in [-0.25, -0.2) is 0 Å². The maximum absolute atomic E-state index is 12.9. The summed E-state index contributed by atoms with van der Waals surface area (Å²) in [6.07, 6.45) is 3.32. The van der Waals surface area contributed by atoms with E-state index in [-0.39, 0.29) is 17.9 Å². The Morgan fingerprint density at radius 1 is 1.00 bits per heavy atom. The largest absolute Gasteiger partial charge is 0.507 e. The molecule has 4 rings (SSSR count). The molecule has 1 amide bonds. The first kappa shape index (κ1) is 19.1. The zero-order valence-corrected chi connectivity index (χ0v) is 16.9. The normalized spacial score (nSPS) is 18.2. The fraction of sp³-hybridized carbons (Fsp3) is 0.0870. The highest BCUT2D eigenvalue weighted by Gasteiger charge is 2.46. The molecule has 1 aliphatic heterocycles. The van der Waals surface area contributed by atoms with Gasteiger partial charge in [-0.1, -0.05) is 64.5 Å². The predicted molar refractivity (Wildman–Crippen MR) is 113 cm³/mol. The van der Waals surface area contributed by atoms with Crippen molar-refractivity contribution in [1.29, 1.82) is 0 Å². The van der Waals surface area contributed by atoms with Crippen LogP contribution in [-0.2, 0) is 16.1 Å². The molecule has 1 atom stereocenters. The van der Waals surface area contributed by atoms with E-state index < -0.39 is 17.7 Å². The first-order valence-electron chi connectivity index (χ1n) is 9.04. The molecular weight excluding hydrogens is 432 g/mol. The third-order valence-corrected chi connectivity index (χ3v) is 5.38. The summed E-state index contributed by atoms with van der Waals surface area (Å²) in [7, 11) is 0. The van der Waals surface area contributed by atoms with Gasteiger partial charge in [0, 0.05) is 29.0 Å². The van der Waals surface area contributed by atoms with Crippen LogP contribution in [0.25, 0.3) is 5.76 Å². The molecule has 144 valence electrons. The second-order valence-corrected chi connectivity index (χ2v) is 7.62. The fourth-order valence-electron chi connectivity index (χ4n) is 3.48. The van der Waals surface area contributed by atoms with Crippen LogP contribution in [0.5, 0.6) is 0 Å². The number of ketones is 1. The summed E-state index contributed by atoms with van der Waals surface area (Å²) in [6, 6.07) is 19.2. The topological polar surface area (TPSA) is 70.5 Å². The van der Waals surface area contributed by atoms with E-state index in [4.69, 9.17) is 0 Å². The van der Waals surface area contributed by atoms with Crippen LogP contribution in [0.4, 0.5) is 0 Å². The molecule has 0 aliphatic carbocycles. The number of aliphatic hydroxyl groups is 1. The smallest absolute Gasteiger partial charge is 0.295 e. The molecule has 2 aromatic carbocycles. The maximum Gasteiger partial charge on any atom is 0.295 e. The molecule has 0 bridgehead atoms. The first-order chi connectivity index (χ1) is 14.1. The summed E-state index contributed by atoms with van der Waals surface area (Å²) in [5.41, 5.74) is 2.13. The molecule has 1 fully saturated rings. The summed E-state index contributed by atoms with van der Waals surface area (Å²) in [4.78, 5) is 31.4. The van der Waals surface area contributed by atoms with Crippen LogP contribution in [0.2, 0.25) is 0 Å². The molecule has 0 radical (unpaired) electrons. The van der Waals surface area contributed by atoms with E-state index in [1.165, 1.54) is 4.90 Å². The summed E-state index contributed by atoms with van der Waals surface area (Å²) in [5.74, 6) is -1.51. The molecule has 5 nitrogen and oxygen atoms in total. The molecule has 1 N–H and O–H groups in total. The van der Waals surface area contributed by atoms with Crippen molar-refractivity contribution >= 4 is 33.4 Å². The molecule has 1 unspecified atom stereocenters. The quantitative estimate of drug-likeness (QED) is 0.363. The molecule has 1 aromatic heterocycles. The molecule has 2 heterocycles. The van der Waals surface area contributed by atoms with E-state index in [1.807, 2.05) is 36.4 Å². The SMILES string of the molecule is O=C1C(=O)N(Cc2cccnc2)C(c2ccccc2)/C1=C(\O)c1ccc(Br)cc1. The van der Waals surface area contributed by atoms with Gasteiger partial charge < -0.3 is 10.0 Å². The lowest BCUT2D eigenvalue weighted by atomic mass is 9.95. The second kappa shape index (κ2) is 8.01. The Morgan fingerprint density at radius 2 is 1.72 bits per heavy atom. The highest BCUT2D eigenvalue weighted by atomic mass is 79.9. The zero-order valence-electron chi connectivity index (χ0n) is 15.3. The van der Waals surface area contributed by atoms with Gasteiger partial charge in [0.2, 0.25) is 0 Å². The predicted octanol–water partition coefficient (Wildman–Crippen LogP) is 4.47. The Morgan fingerprint density at radius 3 is 2.38 bits per heavy atom. The van der Waals surface area contributed by atoms with Crippen LogP contribution < -0.4 is 0 Å². The van der Waals surface area contributed by atoms with Gasteiger partial charge in [-0.3, -0.25) is 14.6 Å². The molecule has 0 spiro atoms. The third-order valence-electron chi connectivity index (χ3n) is 4.85. The summed E-state index contributed by atoms with van der Waals surface area (Å²) < 4.78 is 0.852. The monoisotopic (exact) mass is 448 g/mol. The number of amides is 1. The van der Waals surface area contributed by atoms with Crippen molar-refractivity contribution < 1.29 is 14.7 Å². The van der Waals surface area contributed by atoms with Crippen molar-refractivity contribution in [2.45, 2.75) is 12.6 Å². The Hall–Kier alpha value is -3.25. The van der Waals surface area contributed by atoms with Crippen molar-refractivity contribution in [2.24, 2.45) is 0 Å². The van der Waals surface area contributed by atoms with Gasteiger partial charge in [0.15, 0.2) is 0 Å². The number of rotatable bonds is 4. The summed E-state index contributed by atoms with van der Waals surface area (Å²) >= 11 is 3.36. The third kappa shape index (κ3) is 3.71. The lowest BCUT2D eigenvalue weighted by Gasteiger charge is -2.25. The number of carbonyl (C=O) groups is 2. The molecule has 3 aromatic rings. The molecule has 6 heteroatoms. The molecule has 1 saturated heterocycles. The number of halogens is 1. The first-order valence-corrected chi connectivity index (χ1v) is 9.84. The van der Waals surface area contributed by atoms with Gasteiger partial charge in [-0.2, -0.15) is 0 Å². The number of pyridine rings is 1. The lowest BCUT2D eigenvalue weighted by molar-refractivity contribution is -0.140. The van der Waals surface area contributed by atoms with Crippen molar-refractivity contribution in [1.82, 2.24) is 9.88 Å². The minimum Gasteiger partial charge on any atom is -0.507 e. The van der Waals surface area contributed by atoms with Crippen LogP contribution in [-0.4, -0.2) is 26.7 Å². The van der Waals surface area contributed by atoms with Gasteiger partial charge >= 0.3 is 0 Å². The van der Waals surface area contributed by atoms with Gasteiger partial charge in [-0.05, 0) is 29.3 Å². The number of likely N-dealkylation sites (tertiary alicyclic amines) is 1. The Bertz CT molecular complexity index is 1080. The standard InChI is InChI=1S/C23H17BrN2O3/c24-18-10-8-17(9-11-18)21(27)19-20(16-6-2-1-3-7-16)26(23(29)22(19)28)14-15-5-4-12-25-13-15/h1-13,20,27H,14H2/b21-19+. The van der Waals surface area contributed by atoms with Gasteiger partial charge in [0.25, 0.3) is 11.7 Å². The van der Waals surface area contributed by atoms with Crippen molar-refractivity contribution in [3.05, 3.63) is 106 Å². The van der Waals surface area contributed by atoms with E-state index in [2.05, 4.69) is 20.9 Å². The van der Waals surface area contributed by atoms with Crippen LogP contribution in [0.1, 0.15) is 22.7 Å². The van der Waals surface area contributed by atoms with E-state index in [0.29, 0.717) is 5.56 Å². The zero-order chi connectivity index (χ0) is 20.4. The van der Waals surface area contributed by atoms with E-state index in [0.717, 1.165) is 15.6 Å². The van der Waals surface area contributed by atoms with Crippen LogP contribution >= 0.6 is 15.9 Å². The number of benzene rings is 2. The van der Waals surface area contributed by atoms with Crippen LogP contribution in [0, 0.1) is 0 Å². The molecular formula is C23H17BrN2O3. The number of carbonyl (C=O) groups excluding carboxylic acids is 2. The molecule has 0 saturated carbocycles. The van der Waals surface area contributed by atoms with E-state index in [9.17, 15) is 14.7 Å². The fourth-order valence-corrected chi connectivity index (χ4v) is 3.74. The van der Waals surface area contributed by atoms with Crippen molar-refractivity contribution in [3.8, 4) is 0 Å².